The summed E-state index contributed by atoms with van der Waals surface area (Å²) in [4.78, 5) is 12.5. The van der Waals surface area contributed by atoms with Crippen molar-refractivity contribution in [2.75, 3.05) is 17.0 Å². The fourth-order valence-electron chi connectivity index (χ4n) is 2.73. The molecule has 0 aliphatic carbocycles. The monoisotopic (exact) mass is 512 g/mol. The largest absolute Gasteiger partial charge is 0.351 e. The number of halogens is 3. The summed E-state index contributed by atoms with van der Waals surface area (Å²) < 4.78 is 41.0. The van der Waals surface area contributed by atoms with Gasteiger partial charge in [0.1, 0.15) is 5.82 Å². The Kier molecular flexibility index (Phi) is 8.42. The molecular weight excluding hydrogens is 494 g/mol. The summed E-state index contributed by atoms with van der Waals surface area (Å²) in [7, 11) is -3.79. The molecule has 0 spiro atoms. The van der Waals surface area contributed by atoms with E-state index in [2.05, 4.69) is 10.0 Å². The predicted molar refractivity (Wildman–Crippen MR) is 129 cm³/mol. The molecule has 3 aromatic rings. The molecule has 0 saturated carbocycles. The van der Waals surface area contributed by atoms with E-state index in [0.29, 0.717) is 34.2 Å². The first-order chi connectivity index (χ1) is 15.3. The maximum Gasteiger partial charge on any atom is 0.261 e. The highest BCUT2D eigenvalue weighted by atomic mass is 35.5. The molecule has 0 saturated heterocycles. The van der Waals surface area contributed by atoms with Gasteiger partial charge in [0.05, 0.1) is 15.6 Å². The molecule has 32 heavy (non-hydrogen) atoms. The van der Waals surface area contributed by atoms with Gasteiger partial charge in [0.2, 0.25) is 0 Å². The van der Waals surface area contributed by atoms with Gasteiger partial charge < -0.3 is 5.32 Å². The molecule has 0 radical (unpaired) electrons. The quantitative estimate of drug-likeness (QED) is 0.366. The third-order valence-corrected chi connectivity index (χ3v) is 7.40. The number of rotatable bonds is 9. The maximum absolute atomic E-state index is 13.8. The van der Waals surface area contributed by atoms with E-state index in [1.165, 1.54) is 48.2 Å². The number of carbonyl (C=O) groups is 1. The lowest BCUT2D eigenvalue weighted by atomic mass is 10.2. The van der Waals surface area contributed by atoms with Crippen LogP contribution in [0.15, 0.2) is 71.6 Å². The van der Waals surface area contributed by atoms with Gasteiger partial charge in [0.25, 0.3) is 15.9 Å². The zero-order valence-electron chi connectivity index (χ0n) is 16.6. The Morgan fingerprint density at radius 2 is 1.72 bits per heavy atom. The second kappa shape index (κ2) is 11.0. The van der Waals surface area contributed by atoms with Crippen molar-refractivity contribution in [2.45, 2.75) is 10.6 Å². The molecule has 0 aliphatic rings. The average molecular weight is 513 g/mol. The minimum absolute atomic E-state index is 0.0979. The Morgan fingerprint density at radius 3 is 2.41 bits per heavy atom. The van der Waals surface area contributed by atoms with Crippen molar-refractivity contribution in [3.05, 3.63) is 93.7 Å². The number of benzene rings is 3. The van der Waals surface area contributed by atoms with E-state index in [4.69, 9.17) is 23.2 Å². The van der Waals surface area contributed by atoms with Crippen molar-refractivity contribution in [2.24, 2.45) is 0 Å². The van der Waals surface area contributed by atoms with Crippen LogP contribution in [0.4, 0.5) is 10.1 Å². The van der Waals surface area contributed by atoms with Crippen LogP contribution in [0.2, 0.25) is 10.0 Å². The number of sulfonamides is 1. The lowest BCUT2D eigenvalue weighted by molar-refractivity contribution is 0.0956. The van der Waals surface area contributed by atoms with Gasteiger partial charge in [-0.25, -0.2) is 12.8 Å². The molecule has 0 bridgehead atoms. The summed E-state index contributed by atoms with van der Waals surface area (Å²) in [6.45, 7) is 0.357. The second-order valence-corrected chi connectivity index (χ2v) is 10.2. The average Bonchev–Trinajstić information content (AvgIpc) is 2.77. The van der Waals surface area contributed by atoms with Crippen molar-refractivity contribution in [1.29, 1.82) is 0 Å². The molecule has 0 unspecified atom stereocenters. The molecule has 5 nitrogen and oxygen atoms in total. The first-order valence-corrected chi connectivity index (χ1v) is 12.8. The van der Waals surface area contributed by atoms with E-state index in [9.17, 15) is 17.6 Å². The van der Waals surface area contributed by atoms with Gasteiger partial charge in [0, 0.05) is 34.2 Å². The summed E-state index contributed by atoms with van der Waals surface area (Å²) >= 11 is 13.6. The molecule has 0 atom stereocenters. The summed E-state index contributed by atoms with van der Waals surface area (Å²) in [5.41, 5.74) is 0.898. The third-order valence-electron chi connectivity index (χ3n) is 4.37. The molecule has 0 aromatic heterocycles. The SMILES string of the molecule is O=C(NCCSCc1c(F)cccc1Cl)c1ccc(NS(=O)(=O)c2ccccc2)c(Cl)c1. The Hall–Kier alpha value is -2.26. The van der Waals surface area contributed by atoms with Gasteiger partial charge in [-0.1, -0.05) is 47.5 Å². The second-order valence-electron chi connectivity index (χ2n) is 6.62. The Morgan fingerprint density at radius 1 is 0.969 bits per heavy atom. The van der Waals surface area contributed by atoms with Gasteiger partial charge >= 0.3 is 0 Å². The Balaban J connectivity index is 1.52. The number of hydrogen-bond donors (Lipinski definition) is 2. The van der Waals surface area contributed by atoms with Crippen molar-refractivity contribution >= 4 is 56.6 Å². The van der Waals surface area contributed by atoms with Gasteiger partial charge in [-0.3, -0.25) is 9.52 Å². The lowest BCUT2D eigenvalue weighted by Crippen LogP contribution is -2.25. The number of nitrogens with one attached hydrogen (secondary N) is 2. The van der Waals surface area contributed by atoms with Gasteiger partial charge in [-0.15, -0.1) is 0 Å². The summed E-state index contributed by atoms with van der Waals surface area (Å²) in [5, 5.41) is 3.22. The standard InChI is InChI=1S/C22H19Cl2FN2O3S2/c23-18-7-4-8-20(25)17(18)14-31-12-11-26-22(28)15-9-10-21(19(24)13-15)27-32(29,30)16-5-2-1-3-6-16/h1-10,13,27H,11-12,14H2,(H,26,28). The number of hydrogen-bond acceptors (Lipinski definition) is 4. The van der Waals surface area contributed by atoms with E-state index >= 15 is 0 Å². The third kappa shape index (κ3) is 6.38. The highest BCUT2D eigenvalue weighted by Crippen LogP contribution is 2.26. The first-order valence-electron chi connectivity index (χ1n) is 9.44. The maximum atomic E-state index is 13.8. The van der Waals surface area contributed by atoms with Gasteiger partial charge in [-0.05, 0) is 42.5 Å². The minimum atomic E-state index is -3.79. The molecule has 1 amide bonds. The molecule has 10 heteroatoms. The highest BCUT2D eigenvalue weighted by Gasteiger charge is 2.16. The molecule has 3 rings (SSSR count). The smallest absolute Gasteiger partial charge is 0.261 e. The molecule has 2 N–H and O–H groups in total. The zero-order chi connectivity index (χ0) is 23.1. The molecule has 0 fully saturated rings. The van der Waals surface area contributed by atoms with Crippen LogP contribution in [0.5, 0.6) is 0 Å². The Bertz CT molecular complexity index is 1190. The molecule has 0 aliphatic heterocycles. The predicted octanol–water partition coefficient (Wildman–Crippen LogP) is 5.60. The van der Waals surface area contributed by atoms with Crippen LogP contribution in [0, 0.1) is 5.82 Å². The topological polar surface area (TPSA) is 75.3 Å². The fourth-order valence-corrected chi connectivity index (χ4v) is 5.31. The van der Waals surface area contributed by atoms with Crippen LogP contribution in [-0.4, -0.2) is 26.6 Å². The fraction of sp³-hybridized carbons (Fsp3) is 0.136. The van der Waals surface area contributed by atoms with Crippen LogP contribution >= 0.6 is 35.0 Å². The summed E-state index contributed by atoms with van der Waals surface area (Å²) in [6, 6.07) is 16.7. The van der Waals surface area contributed by atoms with Crippen LogP contribution in [-0.2, 0) is 15.8 Å². The van der Waals surface area contributed by atoms with Crippen LogP contribution in [0.25, 0.3) is 0 Å². The van der Waals surface area contributed by atoms with E-state index in [-0.39, 0.29) is 27.3 Å². The van der Waals surface area contributed by atoms with Crippen LogP contribution < -0.4 is 10.0 Å². The Labute approximate surface area is 200 Å². The van der Waals surface area contributed by atoms with E-state index in [1.807, 2.05) is 0 Å². The molecule has 0 heterocycles. The first kappa shape index (κ1) is 24.4. The van der Waals surface area contributed by atoms with Crippen molar-refractivity contribution < 1.29 is 17.6 Å². The summed E-state index contributed by atoms with van der Waals surface area (Å²) in [5.74, 6) is 0.239. The van der Waals surface area contributed by atoms with E-state index < -0.39 is 10.0 Å². The lowest BCUT2D eigenvalue weighted by Gasteiger charge is -2.11. The number of anilines is 1. The molecular formula is C22H19Cl2FN2O3S2. The number of amides is 1. The van der Waals surface area contributed by atoms with Crippen molar-refractivity contribution in [3.8, 4) is 0 Å². The van der Waals surface area contributed by atoms with E-state index in [1.54, 1.807) is 30.3 Å². The van der Waals surface area contributed by atoms with E-state index in [0.717, 1.165) is 0 Å². The van der Waals surface area contributed by atoms with Crippen LogP contribution in [0.1, 0.15) is 15.9 Å². The molecule has 3 aromatic carbocycles. The minimum Gasteiger partial charge on any atom is -0.351 e. The number of thioether (sulfide) groups is 1. The van der Waals surface area contributed by atoms with Crippen molar-refractivity contribution in [3.63, 3.8) is 0 Å². The summed E-state index contributed by atoms with van der Waals surface area (Å²) in [6.07, 6.45) is 0. The van der Waals surface area contributed by atoms with Gasteiger partial charge in [-0.2, -0.15) is 11.8 Å². The number of carbonyl (C=O) groups excluding carboxylic acids is 1. The van der Waals surface area contributed by atoms with Crippen LogP contribution in [0.3, 0.4) is 0 Å². The van der Waals surface area contributed by atoms with Crippen molar-refractivity contribution in [1.82, 2.24) is 5.32 Å². The van der Waals surface area contributed by atoms with Gasteiger partial charge in [0.15, 0.2) is 0 Å². The normalized spacial score (nSPS) is 11.2. The zero-order valence-corrected chi connectivity index (χ0v) is 19.8. The molecule has 168 valence electrons. The highest BCUT2D eigenvalue weighted by molar-refractivity contribution is 7.98.